The van der Waals surface area contributed by atoms with Gasteiger partial charge in [-0.05, 0) is 25.0 Å². The van der Waals surface area contributed by atoms with Crippen molar-refractivity contribution in [1.29, 1.82) is 0 Å². The minimum Gasteiger partial charge on any atom is -0.508 e. The third kappa shape index (κ3) is 2.88. The first-order valence-electron chi connectivity index (χ1n) is 6.32. The molecule has 108 valence electrons. The molecule has 7 heteroatoms. The van der Waals surface area contributed by atoms with Gasteiger partial charge in [0, 0.05) is 26.3 Å². The molecule has 0 radical (unpaired) electrons. The van der Waals surface area contributed by atoms with Gasteiger partial charge in [-0.15, -0.1) is 0 Å². The number of amides is 1. The van der Waals surface area contributed by atoms with Crippen LogP contribution in [-0.2, 0) is 4.74 Å². The number of phenolic OH excluding ortho intramolecular Hbond substituents is 1. The number of benzene rings is 1. The number of nitro benzene ring substituents is 1. The summed E-state index contributed by atoms with van der Waals surface area (Å²) in [6.45, 7) is 0.980. The van der Waals surface area contributed by atoms with Crippen molar-refractivity contribution >= 4 is 11.6 Å². The zero-order valence-electron chi connectivity index (χ0n) is 11.1. The quantitative estimate of drug-likeness (QED) is 0.669. The SMILES string of the molecule is COC1CCN(C(=O)c2cc(O)ccc2[N+](=O)[O-])CC1. The van der Waals surface area contributed by atoms with E-state index in [2.05, 4.69) is 0 Å². The molecule has 1 saturated heterocycles. The Labute approximate surface area is 115 Å². The highest BCUT2D eigenvalue weighted by molar-refractivity contribution is 5.98. The summed E-state index contributed by atoms with van der Waals surface area (Å²) in [5, 5.41) is 20.4. The average Bonchev–Trinajstić information content (AvgIpc) is 2.46. The van der Waals surface area contributed by atoms with E-state index >= 15 is 0 Å². The van der Waals surface area contributed by atoms with Gasteiger partial charge in [-0.2, -0.15) is 0 Å². The van der Waals surface area contributed by atoms with E-state index in [1.807, 2.05) is 0 Å². The molecule has 0 spiro atoms. The van der Waals surface area contributed by atoms with Gasteiger partial charge in [-0.3, -0.25) is 14.9 Å². The van der Waals surface area contributed by atoms with Gasteiger partial charge in [0.25, 0.3) is 11.6 Å². The maximum Gasteiger partial charge on any atom is 0.282 e. The molecule has 7 nitrogen and oxygen atoms in total. The fourth-order valence-corrected chi connectivity index (χ4v) is 2.32. The number of nitro groups is 1. The molecule has 0 aromatic heterocycles. The van der Waals surface area contributed by atoms with E-state index in [-0.39, 0.29) is 23.1 Å². The van der Waals surface area contributed by atoms with E-state index in [9.17, 15) is 20.0 Å². The molecule has 0 aliphatic carbocycles. The van der Waals surface area contributed by atoms with Crippen LogP contribution in [0.4, 0.5) is 5.69 Å². The third-order valence-corrected chi connectivity index (χ3v) is 3.47. The number of nitrogens with zero attached hydrogens (tertiary/aromatic N) is 2. The lowest BCUT2D eigenvalue weighted by molar-refractivity contribution is -0.385. The zero-order valence-corrected chi connectivity index (χ0v) is 11.1. The fraction of sp³-hybridized carbons (Fsp3) is 0.462. The summed E-state index contributed by atoms with van der Waals surface area (Å²) in [5.41, 5.74) is -0.368. The highest BCUT2D eigenvalue weighted by Crippen LogP contribution is 2.26. The summed E-state index contributed by atoms with van der Waals surface area (Å²) in [5.74, 6) is -0.590. The molecule has 0 saturated carbocycles. The van der Waals surface area contributed by atoms with Crippen molar-refractivity contribution in [3.05, 3.63) is 33.9 Å². The Morgan fingerprint density at radius 1 is 1.45 bits per heavy atom. The first-order chi connectivity index (χ1) is 9.52. The largest absolute Gasteiger partial charge is 0.508 e. The first kappa shape index (κ1) is 14.3. The van der Waals surface area contributed by atoms with Crippen LogP contribution in [0.1, 0.15) is 23.2 Å². The minimum atomic E-state index is -0.616. The van der Waals surface area contributed by atoms with Crippen LogP contribution in [0.5, 0.6) is 5.75 Å². The summed E-state index contributed by atoms with van der Waals surface area (Å²) >= 11 is 0. The van der Waals surface area contributed by atoms with Gasteiger partial charge in [0.2, 0.25) is 0 Å². The van der Waals surface area contributed by atoms with Gasteiger partial charge in [-0.25, -0.2) is 0 Å². The molecule has 0 unspecified atom stereocenters. The second kappa shape index (κ2) is 5.87. The Morgan fingerprint density at radius 2 is 2.10 bits per heavy atom. The second-order valence-corrected chi connectivity index (χ2v) is 4.69. The molecule has 2 rings (SSSR count). The fourth-order valence-electron chi connectivity index (χ4n) is 2.32. The molecule has 1 aliphatic rings. The van der Waals surface area contributed by atoms with Gasteiger partial charge >= 0.3 is 0 Å². The first-order valence-corrected chi connectivity index (χ1v) is 6.32. The standard InChI is InChI=1S/C13H16N2O5/c1-20-10-4-6-14(7-5-10)13(17)11-8-9(16)2-3-12(11)15(18)19/h2-3,8,10,16H,4-7H2,1H3. The smallest absolute Gasteiger partial charge is 0.282 e. The van der Waals surface area contributed by atoms with Crippen LogP contribution < -0.4 is 0 Å². The van der Waals surface area contributed by atoms with Crippen molar-refractivity contribution in [2.24, 2.45) is 0 Å². The maximum absolute atomic E-state index is 12.3. The number of phenols is 1. The molecule has 20 heavy (non-hydrogen) atoms. The number of methoxy groups -OCH3 is 1. The Kier molecular flexibility index (Phi) is 4.19. The molecule has 0 bridgehead atoms. The van der Waals surface area contributed by atoms with Crippen molar-refractivity contribution in [3.8, 4) is 5.75 Å². The van der Waals surface area contributed by atoms with E-state index in [0.29, 0.717) is 25.9 Å². The normalized spacial score (nSPS) is 16.1. The topological polar surface area (TPSA) is 92.9 Å². The van der Waals surface area contributed by atoms with Crippen LogP contribution in [-0.4, -0.2) is 47.1 Å². The van der Waals surface area contributed by atoms with Crippen LogP contribution in [0.3, 0.4) is 0 Å². The van der Waals surface area contributed by atoms with E-state index in [1.165, 1.54) is 6.07 Å². The number of aromatic hydroxyl groups is 1. The number of ether oxygens (including phenoxy) is 1. The summed E-state index contributed by atoms with van der Waals surface area (Å²) < 4.78 is 5.22. The number of carbonyl (C=O) groups is 1. The second-order valence-electron chi connectivity index (χ2n) is 4.69. The van der Waals surface area contributed by atoms with Crippen LogP contribution in [0, 0.1) is 10.1 Å². The van der Waals surface area contributed by atoms with Gasteiger partial charge in [0.1, 0.15) is 11.3 Å². The lowest BCUT2D eigenvalue weighted by Crippen LogP contribution is -2.40. The van der Waals surface area contributed by atoms with Crippen molar-refractivity contribution in [2.75, 3.05) is 20.2 Å². The number of hydrogen-bond donors (Lipinski definition) is 1. The summed E-state index contributed by atoms with van der Waals surface area (Å²) in [4.78, 5) is 24.2. The van der Waals surface area contributed by atoms with Crippen molar-refractivity contribution in [1.82, 2.24) is 4.90 Å². The molecule has 1 amide bonds. The molecule has 1 N–H and O–H groups in total. The summed E-state index contributed by atoms with van der Waals surface area (Å²) in [6.07, 6.45) is 1.53. The van der Waals surface area contributed by atoms with Crippen LogP contribution >= 0.6 is 0 Å². The van der Waals surface area contributed by atoms with Gasteiger partial charge in [0.15, 0.2) is 0 Å². The van der Waals surface area contributed by atoms with Crippen molar-refractivity contribution in [3.63, 3.8) is 0 Å². The molecule has 0 atom stereocenters. The van der Waals surface area contributed by atoms with Crippen LogP contribution in [0.15, 0.2) is 18.2 Å². The highest BCUT2D eigenvalue weighted by Gasteiger charge is 2.28. The number of hydrogen-bond acceptors (Lipinski definition) is 5. The Bertz CT molecular complexity index is 523. The Hall–Kier alpha value is -2.15. The Balaban J connectivity index is 2.21. The van der Waals surface area contributed by atoms with Crippen molar-refractivity contribution in [2.45, 2.75) is 18.9 Å². The molecular formula is C13H16N2O5. The molecule has 1 aromatic carbocycles. The predicted octanol–water partition coefficient (Wildman–Crippen LogP) is 1.55. The average molecular weight is 280 g/mol. The van der Waals surface area contributed by atoms with Crippen LogP contribution in [0.2, 0.25) is 0 Å². The van der Waals surface area contributed by atoms with E-state index in [1.54, 1.807) is 12.0 Å². The molecule has 1 heterocycles. The minimum absolute atomic E-state index is 0.0779. The highest BCUT2D eigenvalue weighted by atomic mass is 16.6. The van der Waals surface area contributed by atoms with E-state index < -0.39 is 10.8 Å². The lowest BCUT2D eigenvalue weighted by Gasteiger charge is -2.31. The maximum atomic E-state index is 12.3. The monoisotopic (exact) mass is 280 g/mol. The number of piperidine rings is 1. The summed E-state index contributed by atoms with van der Waals surface area (Å²) in [6, 6.07) is 3.49. The third-order valence-electron chi connectivity index (χ3n) is 3.47. The molecule has 1 aliphatic heterocycles. The molecular weight excluding hydrogens is 264 g/mol. The molecule has 1 aromatic rings. The zero-order chi connectivity index (χ0) is 14.7. The van der Waals surface area contributed by atoms with E-state index in [0.717, 1.165) is 12.1 Å². The Morgan fingerprint density at radius 3 is 2.65 bits per heavy atom. The van der Waals surface area contributed by atoms with E-state index in [4.69, 9.17) is 4.74 Å². The van der Waals surface area contributed by atoms with Gasteiger partial charge in [-0.1, -0.05) is 0 Å². The lowest BCUT2D eigenvalue weighted by atomic mass is 10.1. The molecule has 1 fully saturated rings. The number of carbonyl (C=O) groups excluding carboxylic acids is 1. The number of likely N-dealkylation sites (tertiary alicyclic amines) is 1. The number of rotatable bonds is 3. The van der Waals surface area contributed by atoms with Crippen LogP contribution in [0.25, 0.3) is 0 Å². The van der Waals surface area contributed by atoms with Crippen molar-refractivity contribution < 1.29 is 19.6 Å². The van der Waals surface area contributed by atoms with Gasteiger partial charge < -0.3 is 14.7 Å². The predicted molar refractivity (Wildman–Crippen MR) is 70.7 cm³/mol. The van der Waals surface area contributed by atoms with Gasteiger partial charge in [0.05, 0.1) is 11.0 Å². The summed E-state index contributed by atoms with van der Waals surface area (Å²) in [7, 11) is 1.63.